The number of halogens is 1. The summed E-state index contributed by atoms with van der Waals surface area (Å²) in [5, 5.41) is 10.9. The molecular formula is C11H12ClNO2. The average molecular weight is 226 g/mol. The Morgan fingerprint density at radius 2 is 2.27 bits per heavy atom. The van der Waals surface area contributed by atoms with Gasteiger partial charge in [-0.1, -0.05) is 17.7 Å². The van der Waals surface area contributed by atoms with Crippen LogP contribution >= 0.6 is 11.6 Å². The highest BCUT2D eigenvalue weighted by atomic mass is 35.5. The molecule has 0 fully saturated rings. The molecule has 1 aromatic heterocycles. The number of rotatable bonds is 3. The van der Waals surface area contributed by atoms with Gasteiger partial charge >= 0.3 is 0 Å². The summed E-state index contributed by atoms with van der Waals surface area (Å²) in [5.41, 5.74) is 1.87. The first-order chi connectivity index (χ1) is 7.26. The minimum Gasteiger partial charge on any atom is -0.392 e. The van der Waals surface area contributed by atoms with Crippen LogP contribution in [0.3, 0.4) is 0 Å². The van der Waals surface area contributed by atoms with Gasteiger partial charge in [0.15, 0.2) is 0 Å². The maximum Gasteiger partial charge on any atom is 0.122 e. The van der Waals surface area contributed by atoms with Crippen LogP contribution in [0.4, 0.5) is 0 Å². The molecule has 0 spiro atoms. The summed E-state index contributed by atoms with van der Waals surface area (Å²) in [4.78, 5) is 0. The molecule has 0 aliphatic carbocycles. The topological polar surface area (TPSA) is 34.4 Å². The molecular weight excluding hydrogens is 214 g/mol. The van der Waals surface area contributed by atoms with E-state index in [0.29, 0.717) is 11.8 Å². The molecule has 3 nitrogen and oxygen atoms in total. The minimum atomic E-state index is 0.0227. The summed E-state index contributed by atoms with van der Waals surface area (Å²) < 4.78 is 7.00. The Morgan fingerprint density at radius 1 is 1.47 bits per heavy atom. The summed E-state index contributed by atoms with van der Waals surface area (Å²) in [6.07, 6.45) is 1.88. The van der Waals surface area contributed by atoms with Crippen molar-refractivity contribution in [3.05, 3.63) is 35.0 Å². The first kappa shape index (κ1) is 10.5. The van der Waals surface area contributed by atoms with E-state index in [0.717, 1.165) is 16.5 Å². The Labute approximate surface area is 92.8 Å². The first-order valence-electron chi connectivity index (χ1n) is 4.63. The van der Waals surface area contributed by atoms with E-state index in [1.54, 1.807) is 7.11 Å². The van der Waals surface area contributed by atoms with Gasteiger partial charge in [0.05, 0.1) is 12.1 Å². The molecule has 0 aliphatic rings. The lowest BCUT2D eigenvalue weighted by atomic mass is 10.2. The summed E-state index contributed by atoms with van der Waals surface area (Å²) in [6.45, 7) is 0.478. The maximum absolute atomic E-state index is 9.20. The summed E-state index contributed by atoms with van der Waals surface area (Å²) >= 11 is 5.93. The fraction of sp³-hybridized carbons (Fsp3) is 0.273. The van der Waals surface area contributed by atoms with Crippen molar-refractivity contribution in [1.82, 2.24) is 4.57 Å². The van der Waals surface area contributed by atoms with Crippen LogP contribution in [0.2, 0.25) is 5.02 Å². The van der Waals surface area contributed by atoms with Gasteiger partial charge in [-0.05, 0) is 12.1 Å². The lowest BCUT2D eigenvalue weighted by molar-refractivity contribution is 0.134. The van der Waals surface area contributed by atoms with Crippen molar-refractivity contribution in [3.63, 3.8) is 0 Å². The number of hydrogen-bond acceptors (Lipinski definition) is 2. The van der Waals surface area contributed by atoms with E-state index >= 15 is 0 Å². The van der Waals surface area contributed by atoms with Crippen LogP contribution in [0.25, 0.3) is 10.9 Å². The zero-order valence-electron chi connectivity index (χ0n) is 8.40. The van der Waals surface area contributed by atoms with Gasteiger partial charge in [0, 0.05) is 29.3 Å². The normalized spacial score (nSPS) is 11.1. The Hall–Kier alpha value is -1.03. The predicted octanol–water partition coefficient (Wildman–Crippen LogP) is 2.39. The number of benzene rings is 1. The molecule has 80 valence electrons. The average Bonchev–Trinajstić information content (AvgIpc) is 2.57. The molecule has 0 radical (unpaired) electrons. The number of aromatic nitrogens is 1. The number of nitrogens with zero attached hydrogens (tertiary/aromatic N) is 1. The zero-order valence-corrected chi connectivity index (χ0v) is 9.16. The summed E-state index contributed by atoms with van der Waals surface area (Å²) in [5.74, 6) is 0. The summed E-state index contributed by atoms with van der Waals surface area (Å²) in [6, 6.07) is 5.60. The van der Waals surface area contributed by atoms with Crippen molar-refractivity contribution in [2.45, 2.75) is 13.3 Å². The molecule has 0 unspecified atom stereocenters. The lowest BCUT2D eigenvalue weighted by Crippen LogP contribution is -1.97. The van der Waals surface area contributed by atoms with Crippen molar-refractivity contribution < 1.29 is 9.84 Å². The van der Waals surface area contributed by atoms with E-state index in [9.17, 15) is 5.11 Å². The molecule has 1 heterocycles. The summed E-state index contributed by atoms with van der Waals surface area (Å²) in [7, 11) is 1.63. The van der Waals surface area contributed by atoms with E-state index in [1.165, 1.54) is 0 Å². The Kier molecular flexibility index (Phi) is 2.95. The second-order valence-corrected chi connectivity index (χ2v) is 3.80. The molecule has 0 atom stereocenters. The van der Waals surface area contributed by atoms with E-state index in [-0.39, 0.29) is 6.61 Å². The van der Waals surface area contributed by atoms with Gasteiger partial charge in [-0.3, -0.25) is 0 Å². The number of fused-ring (bicyclic) bond motifs is 1. The van der Waals surface area contributed by atoms with Crippen molar-refractivity contribution in [2.24, 2.45) is 0 Å². The Morgan fingerprint density at radius 3 is 2.93 bits per heavy atom. The highest BCUT2D eigenvalue weighted by Gasteiger charge is 2.07. The maximum atomic E-state index is 9.20. The van der Waals surface area contributed by atoms with Crippen LogP contribution in [0.15, 0.2) is 24.4 Å². The first-order valence-corrected chi connectivity index (χ1v) is 5.01. The molecule has 15 heavy (non-hydrogen) atoms. The Bertz CT molecular complexity index is 479. The van der Waals surface area contributed by atoms with E-state index in [1.807, 2.05) is 29.0 Å². The number of aliphatic hydroxyl groups is 1. The van der Waals surface area contributed by atoms with Crippen LogP contribution < -0.4 is 0 Å². The monoisotopic (exact) mass is 225 g/mol. The van der Waals surface area contributed by atoms with E-state index < -0.39 is 0 Å². The molecule has 4 heteroatoms. The second kappa shape index (κ2) is 4.23. The van der Waals surface area contributed by atoms with Gasteiger partial charge < -0.3 is 14.4 Å². The van der Waals surface area contributed by atoms with E-state index in [4.69, 9.17) is 16.3 Å². The van der Waals surface area contributed by atoms with Gasteiger partial charge in [-0.15, -0.1) is 0 Å². The van der Waals surface area contributed by atoms with E-state index in [2.05, 4.69) is 0 Å². The van der Waals surface area contributed by atoms with Crippen LogP contribution in [0, 0.1) is 0 Å². The van der Waals surface area contributed by atoms with Crippen molar-refractivity contribution in [3.8, 4) is 0 Å². The van der Waals surface area contributed by atoms with Crippen LogP contribution in [-0.2, 0) is 18.1 Å². The molecule has 2 rings (SSSR count). The third kappa shape index (κ3) is 1.86. The molecule has 1 aromatic carbocycles. The Balaban J connectivity index is 2.64. The SMILES string of the molecule is COCn1cc(CO)c2ccc(Cl)cc21. The highest BCUT2D eigenvalue weighted by Crippen LogP contribution is 2.24. The standard InChI is InChI=1S/C11H12ClNO2/c1-15-7-13-5-8(6-14)10-3-2-9(12)4-11(10)13/h2-5,14H,6-7H2,1H3. The van der Waals surface area contributed by atoms with Crippen molar-refractivity contribution >= 4 is 22.5 Å². The van der Waals surface area contributed by atoms with Gasteiger partial charge in [0.2, 0.25) is 0 Å². The van der Waals surface area contributed by atoms with Gasteiger partial charge in [-0.2, -0.15) is 0 Å². The quantitative estimate of drug-likeness (QED) is 0.871. The lowest BCUT2D eigenvalue weighted by Gasteiger charge is -2.02. The van der Waals surface area contributed by atoms with Crippen LogP contribution in [0.1, 0.15) is 5.56 Å². The third-order valence-corrected chi connectivity index (χ3v) is 2.60. The predicted molar refractivity (Wildman–Crippen MR) is 59.9 cm³/mol. The number of methoxy groups -OCH3 is 1. The van der Waals surface area contributed by atoms with Gasteiger partial charge in [0.1, 0.15) is 6.73 Å². The molecule has 2 aromatic rings. The molecule has 0 bridgehead atoms. The molecule has 0 saturated carbocycles. The molecule has 1 N–H and O–H groups in total. The fourth-order valence-electron chi connectivity index (χ4n) is 1.71. The van der Waals surface area contributed by atoms with Gasteiger partial charge in [-0.25, -0.2) is 0 Å². The molecule has 0 aliphatic heterocycles. The van der Waals surface area contributed by atoms with Crippen LogP contribution in [0.5, 0.6) is 0 Å². The molecule has 0 amide bonds. The number of ether oxygens (including phenoxy) is 1. The largest absolute Gasteiger partial charge is 0.392 e. The van der Waals surface area contributed by atoms with Crippen molar-refractivity contribution in [1.29, 1.82) is 0 Å². The number of aliphatic hydroxyl groups excluding tert-OH is 1. The zero-order chi connectivity index (χ0) is 10.8. The van der Waals surface area contributed by atoms with Gasteiger partial charge in [0.25, 0.3) is 0 Å². The fourth-order valence-corrected chi connectivity index (χ4v) is 1.88. The number of hydrogen-bond donors (Lipinski definition) is 1. The van der Waals surface area contributed by atoms with Crippen molar-refractivity contribution in [2.75, 3.05) is 7.11 Å². The molecule has 0 saturated heterocycles. The third-order valence-electron chi connectivity index (χ3n) is 2.37. The smallest absolute Gasteiger partial charge is 0.122 e. The van der Waals surface area contributed by atoms with Crippen LogP contribution in [-0.4, -0.2) is 16.8 Å². The highest BCUT2D eigenvalue weighted by molar-refractivity contribution is 6.31. The second-order valence-electron chi connectivity index (χ2n) is 3.36. The minimum absolute atomic E-state index is 0.0227.